The molecule has 0 saturated carbocycles. The Balaban J connectivity index is 2.34. The number of nitrogens with one attached hydrogen (secondary N) is 3. The number of amides is 3. The second kappa shape index (κ2) is 15.6. The largest absolute Gasteiger partial charge is 0.379 e. The van der Waals surface area contributed by atoms with Crippen molar-refractivity contribution in [3.05, 3.63) is 29.8 Å². The molecule has 1 unspecified atom stereocenters. The van der Waals surface area contributed by atoms with Crippen LogP contribution in [0.25, 0.3) is 0 Å². The fourth-order valence-electron chi connectivity index (χ4n) is 2.45. The minimum atomic E-state index is -0.297. The summed E-state index contributed by atoms with van der Waals surface area (Å²) >= 11 is 0. The quantitative estimate of drug-likeness (QED) is 0.232. The Morgan fingerprint density at radius 2 is 1.79 bits per heavy atom. The molecule has 1 rings (SSSR count). The van der Waals surface area contributed by atoms with E-state index in [1.54, 1.807) is 0 Å². The van der Waals surface area contributed by atoms with Gasteiger partial charge in [0.1, 0.15) is 0 Å². The molecule has 1 atom stereocenters. The van der Waals surface area contributed by atoms with Crippen molar-refractivity contribution in [1.82, 2.24) is 10.6 Å². The number of carbonyl (C=O) groups excluding carboxylic acids is 3. The number of benzene rings is 1. The lowest BCUT2D eigenvalue weighted by Crippen LogP contribution is -2.29. The maximum Gasteiger partial charge on any atom is 0.226 e. The highest BCUT2D eigenvalue weighted by Gasteiger charge is 2.09. The van der Waals surface area contributed by atoms with Crippen LogP contribution in [0.2, 0.25) is 0 Å². The standard InChI is InChI=1S/C20H32N4O5/c1-16(6-7-19(26)23-15-25)22-14-17-4-2-3-5-18(17)24-20(27)8-10-28-12-13-29-11-9-21/h2-5,15-16,22H,6-14,21H2,1H3,(H,24,27)(H,23,25,26). The van der Waals surface area contributed by atoms with E-state index in [2.05, 4.69) is 16.0 Å². The lowest BCUT2D eigenvalue weighted by Gasteiger charge is -2.16. The van der Waals surface area contributed by atoms with Gasteiger partial charge in [0, 0.05) is 31.2 Å². The molecule has 29 heavy (non-hydrogen) atoms. The summed E-state index contributed by atoms with van der Waals surface area (Å²) in [5.74, 6) is -0.423. The number of hydrogen-bond donors (Lipinski definition) is 4. The highest BCUT2D eigenvalue weighted by Crippen LogP contribution is 2.15. The van der Waals surface area contributed by atoms with Crippen LogP contribution in [0.4, 0.5) is 5.69 Å². The smallest absolute Gasteiger partial charge is 0.226 e. The first-order valence-electron chi connectivity index (χ1n) is 9.76. The molecule has 0 spiro atoms. The third kappa shape index (κ3) is 12.0. The van der Waals surface area contributed by atoms with Gasteiger partial charge in [-0.05, 0) is 25.0 Å². The summed E-state index contributed by atoms with van der Waals surface area (Å²) in [5, 5.41) is 8.34. The van der Waals surface area contributed by atoms with Gasteiger partial charge < -0.3 is 25.8 Å². The molecule has 0 saturated heterocycles. The van der Waals surface area contributed by atoms with Crippen LogP contribution in [0.15, 0.2) is 24.3 Å². The van der Waals surface area contributed by atoms with E-state index in [0.29, 0.717) is 52.3 Å². The fraction of sp³-hybridized carbons (Fsp3) is 0.550. The number of ether oxygens (including phenoxy) is 2. The SMILES string of the molecule is CC(CCC(=O)NC=O)NCc1ccccc1NC(=O)CCOCCOCCN. The lowest BCUT2D eigenvalue weighted by atomic mass is 10.1. The molecule has 0 aromatic heterocycles. The van der Waals surface area contributed by atoms with Crippen LogP contribution >= 0.6 is 0 Å². The molecule has 9 heteroatoms. The summed E-state index contributed by atoms with van der Waals surface area (Å²) in [6.07, 6.45) is 1.50. The van der Waals surface area contributed by atoms with Gasteiger partial charge in [0.15, 0.2) is 0 Å². The highest BCUT2D eigenvalue weighted by atomic mass is 16.5. The molecule has 162 valence electrons. The zero-order chi connectivity index (χ0) is 21.3. The average Bonchev–Trinajstić information content (AvgIpc) is 2.71. The highest BCUT2D eigenvalue weighted by molar-refractivity contribution is 5.91. The predicted octanol–water partition coefficient (Wildman–Crippen LogP) is 0.538. The van der Waals surface area contributed by atoms with Crippen LogP contribution < -0.4 is 21.7 Å². The van der Waals surface area contributed by atoms with Gasteiger partial charge in [0.2, 0.25) is 18.2 Å². The summed E-state index contributed by atoms with van der Waals surface area (Å²) in [4.78, 5) is 33.7. The summed E-state index contributed by atoms with van der Waals surface area (Å²) in [5.41, 5.74) is 7.00. The van der Waals surface area contributed by atoms with Crippen LogP contribution in [0, 0.1) is 0 Å². The molecule has 0 aliphatic rings. The number of imide groups is 1. The van der Waals surface area contributed by atoms with Crippen LogP contribution in [0.5, 0.6) is 0 Å². The number of anilines is 1. The van der Waals surface area contributed by atoms with Crippen LogP contribution in [0.3, 0.4) is 0 Å². The molecule has 3 amide bonds. The first kappa shape index (κ1) is 24.7. The van der Waals surface area contributed by atoms with Crippen molar-refractivity contribution < 1.29 is 23.9 Å². The molecule has 0 radical (unpaired) electrons. The third-order valence-electron chi connectivity index (χ3n) is 4.06. The zero-order valence-corrected chi connectivity index (χ0v) is 16.9. The van der Waals surface area contributed by atoms with Gasteiger partial charge in [-0.3, -0.25) is 19.7 Å². The van der Waals surface area contributed by atoms with Gasteiger partial charge in [0.05, 0.1) is 32.8 Å². The molecule has 0 heterocycles. The molecule has 1 aromatic carbocycles. The second-order valence-electron chi connectivity index (χ2n) is 6.47. The van der Waals surface area contributed by atoms with E-state index in [9.17, 15) is 14.4 Å². The van der Waals surface area contributed by atoms with E-state index in [1.807, 2.05) is 31.2 Å². The van der Waals surface area contributed by atoms with E-state index in [-0.39, 0.29) is 30.7 Å². The van der Waals surface area contributed by atoms with Crippen molar-refractivity contribution in [2.75, 3.05) is 38.3 Å². The maximum absolute atomic E-state index is 12.1. The van der Waals surface area contributed by atoms with Crippen molar-refractivity contribution in [3.63, 3.8) is 0 Å². The molecular weight excluding hydrogens is 376 g/mol. The summed E-state index contributed by atoms with van der Waals surface area (Å²) < 4.78 is 10.6. The minimum Gasteiger partial charge on any atom is -0.379 e. The third-order valence-corrected chi connectivity index (χ3v) is 4.06. The molecule has 0 bridgehead atoms. The Bertz CT molecular complexity index is 627. The van der Waals surface area contributed by atoms with Crippen molar-refractivity contribution in [3.8, 4) is 0 Å². The molecule has 0 aliphatic carbocycles. The van der Waals surface area contributed by atoms with Crippen LogP contribution in [-0.4, -0.2) is 57.2 Å². The normalized spacial score (nSPS) is 11.7. The Hall–Kier alpha value is -2.33. The van der Waals surface area contributed by atoms with Gasteiger partial charge in [-0.25, -0.2) is 0 Å². The first-order chi connectivity index (χ1) is 14.1. The van der Waals surface area contributed by atoms with Crippen molar-refractivity contribution >= 4 is 23.9 Å². The van der Waals surface area contributed by atoms with Gasteiger partial charge in [0.25, 0.3) is 0 Å². The predicted molar refractivity (Wildman–Crippen MR) is 110 cm³/mol. The van der Waals surface area contributed by atoms with Gasteiger partial charge in [-0.1, -0.05) is 18.2 Å². The van der Waals surface area contributed by atoms with Gasteiger partial charge >= 0.3 is 0 Å². The molecule has 0 aliphatic heterocycles. The molecular formula is C20H32N4O5. The number of nitrogens with two attached hydrogens (primary N) is 1. The van der Waals surface area contributed by atoms with Crippen molar-refractivity contribution in [2.45, 2.75) is 38.8 Å². The Kier molecular flexibility index (Phi) is 13.3. The number of rotatable bonds is 16. The molecule has 0 fully saturated rings. The van der Waals surface area contributed by atoms with Gasteiger partial charge in [-0.15, -0.1) is 0 Å². The summed E-state index contributed by atoms with van der Waals surface area (Å²) in [7, 11) is 0. The van der Waals surface area contributed by atoms with Crippen LogP contribution in [0.1, 0.15) is 31.7 Å². The molecule has 9 nitrogen and oxygen atoms in total. The summed E-state index contributed by atoms with van der Waals surface area (Å²) in [6, 6.07) is 7.61. The first-order valence-corrected chi connectivity index (χ1v) is 9.76. The number of hydrogen-bond acceptors (Lipinski definition) is 7. The average molecular weight is 408 g/mol. The van der Waals surface area contributed by atoms with Crippen molar-refractivity contribution in [2.24, 2.45) is 5.73 Å². The van der Waals surface area contributed by atoms with E-state index in [0.717, 1.165) is 11.3 Å². The van der Waals surface area contributed by atoms with Gasteiger partial charge in [-0.2, -0.15) is 0 Å². The summed E-state index contributed by atoms with van der Waals surface area (Å²) in [6.45, 7) is 4.69. The Morgan fingerprint density at radius 3 is 2.52 bits per heavy atom. The minimum absolute atomic E-state index is 0.0750. The van der Waals surface area contributed by atoms with Crippen molar-refractivity contribution in [1.29, 1.82) is 0 Å². The Morgan fingerprint density at radius 1 is 1.07 bits per heavy atom. The van der Waals surface area contributed by atoms with E-state index >= 15 is 0 Å². The topological polar surface area (TPSA) is 132 Å². The monoisotopic (exact) mass is 408 g/mol. The molecule has 5 N–H and O–H groups in total. The van der Waals surface area contributed by atoms with E-state index < -0.39 is 0 Å². The van der Waals surface area contributed by atoms with E-state index in [4.69, 9.17) is 15.2 Å². The lowest BCUT2D eigenvalue weighted by molar-refractivity contribution is -0.125. The molecule has 1 aromatic rings. The second-order valence-corrected chi connectivity index (χ2v) is 6.47. The number of carbonyl (C=O) groups is 3. The zero-order valence-electron chi connectivity index (χ0n) is 16.9. The fourth-order valence-corrected chi connectivity index (χ4v) is 2.45. The maximum atomic E-state index is 12.1. The van der Waals surface area contributed by atoms with E-state index in [1.165, 1.54) is 0 Å². The van der Waals surface area contributed by atoms with Crippen LogP contribution in [-0.2, 0) is 30.4 Å². The number of para-hydroxylation sites is 1. The Labute approximate surface area is 171 Å².